The van der Waals surface area contributed by atoms with Gasteiger partial charge in [0.15, 0.2) is 11.4 Å². The standard InChI is InChI=1S/C20H21BrN4O3S/c1-4-10-25(29(27,28)14-8-6-5-7-9-14)13-20(2,3)18(26)15-11-22-19-17(15)24-16(21)12-23-19/h4-9,11-12H,1,10,13H2,2-3H3,(H,22,23). The highest BCUT2D eigenvalue weighted by molar-refractivity contribution is 9.10. The van der Waals surface area contributed by atoms with E-state index in [-0.39, 0.29) is 23.8 Å². The first-order chi connectivity index (χ1) is 13.7. The van der Waals surface area contributed by atoms with Gasteiger partial charge in [0.05, 0.1) is 16.7 Å². The molecule has 1 N–H and O–H groups in total. The molecule has 1 aromatic carbocycles. The lowest BCUT2D eigenvalue weighted by molar-refractivity contribution is 0.0815. The molecule has 0 unspecified atom stereocenters. The highest BCUT2D eigenvalue weighted by Crippen LogP contribution is 2.29. The van der Waals surface area contributed by atoms with Crippen molar-refractivity contribution >= 4 is 42.9 Å². The number of carbonyl (C=O) groups excluding carboxylic acids is 1. The van der Waals surface area contributed by atoms with Crippen LogP contribution >= 0.6 is 15.9 Å². The molecule has 7 nitrogen and oxygen atoms in total. The number of hydrogen-bond donors (Lipinski definition) is 1. The van der Waals surface area contributed by atoms with E-state index in [4.69, 9.17) is 0 Å². The van der Waals surface area contributed by atoms with Crippen LogP contribution < -0.4 is 0 Å². The van der Waals surface area contributed by atoms with Gasteiger partial charge in [-0.3, -0.25) is 4.79 Å². The highest BCUT2D eigenvalue weighted by atomic mass is 79.9. The van der Waals surface area contributed by atoms with E-state index >= 15 is 0 Å². The summed E-state index contributed by atoms with van der Waals surface area (Å²) in [5.41, 5.74) is 0.296. The van der Waals surface area contributed by atoms with E-state index < -0.39 is 15.4 Å². The average molecular weight is 477 g/mol. The number of aromatic nitrogens is 3. The van der Waals surface area contributed by atoms with Crippen molar-refractivity contribution in [2.45, 2.75) is 18.7 Å². The first-order valence-electron chi connectivity index (χ1n) is 8.87. The third-order valence-corrected chi connectivity index (χ3v) is 6.70. The summed E-state index contributed by atoms with van der Waals surface area (Å²) < 4.78 is 28.0. The molecule has 0 aliphatic rings. The van der Waals surface area contributed by atoms with E-state index in [0.717, 1.165) is 0 Å². The Morgan fingerprint density at radius 2 is 2.00 bits per heavy atom. The molecule has 0 saturated carbocycles. The molecule has 0 spiro atoms. The van der Waals surface area contributed by atoms with Crippen LogP contribution in [0.3, 0.4) is 0 Å². The summed E-state index contributed by atoms with van der Waals surface area (Å²) in [4.78, 5) is 25.0. The van der Waals surface area contributed by atoms with Crippen LogP contribution in [0.5, 0.6) is 0 Å². The Kier molecular flexibility index (Phi) is 6.02. The summed E-state index contributed by atoms with van der Waals surface area (Å²) in [7, 11) is -3.78. The fraction of sp³-hybridized carbons (Fsp3) is 0.250. The van der Waals surface area contributed by atoms with Crippen LogP contribution in [0.1, 0.15) is 24.2 Å². The molecule has 29 heavy (non-hydrogen) atoms. The van der Waals surface area contributed by atoms with E-state index in [1.165, 1.54) is 28.7 Å². The minimum atomic E-state index is -3.78. The molecule has 2 heterocycles. The predicted molar refractivity (Wildman–Crippen MR) is 115 cm³/mol. The van der Waals surface area contributed by atoms with Crippen LogP contribution in [0, 0.1) is 5.41 Å². The third-order valence-electron chi connectivity index (χ3n) is 4.50. The number of sulfonamides is 1. The van der Waals surface area contributed by atoms with Gasteiger partial charge in [-0.15, -0.1) is 6.58 Å². The SMILES string of the molecule is C=CCN(CC(C)(C)C(=O)c1c[nH]c2ncc(Br)nc12)S(=O)(=O)c1ccccc1. The maximum atomic E-state index is 13.3. The van der Waals surface area contributed by atoms with Crippen molar-refractivity contribution in [2.75, 3.05) is 13.1 Å². The normalized spacial score (nSPS) is 12.4. The summed E-state index contributed by atoms with van der Waals surface area (Å²) in [6.07, 6.45) is 4.61. The van der Waals surface area contributed by atoms with Gasteiger partial charge in [-0.05, 0) is 28.1 Å². The fourth-order valence-electron chi connectivity index (χ4n) is 3.05. The minimum absolute atomic E-state index is 0.0107. The lowest BCUT2D eigenvalue weighted by atomic mass is 9.84. The minimum Gasteiger partial charge on any atom is -0.344 e. The first-order valence-corrected chi connectivity index (χ1v) is 11.1. The van der Waals surface area contributed by atoms with Crippen LogP contribution in [0.15, 0.2) is 64.9 Å². The number of nitrogens with zero attached hydrogens (tertiary/aromatic N) is 3. The zero-order chi connectivity index (χ0) is 21.2. The van der Waals surface area contributed by atoms with Gasteiger partial charge >= 0.3 is 0 Å². The summed E-state index contributed by atoms with van der Waals surface area (Å²) in [5.74, 6) is -0.228. The van der Waals surface area contributed by atoms with Crippen molar-refractivity contribution in [3.8, 4) is 0 Å². The second kappa shape index (κ2) is 8.17. The summed E-state index contributed by atoms with van der Waals surface area (Å²) in [5, 5.41) is 0. The lowest BCUT2D eigenvalue weighted by Crippen LogP contribution is -2.42. The maximum absolute atomic E-state index is 13.3. The number of aromatic amines is 1. The number of hydrogen-bond acceptors (Lipinski definition) is 5. The van der Waals surface area contributed by atoms with Gasteiger partial charge in [0, 0.05) is 24.7 Å². The van der Waals surface area contributed by atoms with Crippen molar-refractivity contribution in [1.82, 2.24) is 19.3 Å². The van der Waals surface area contributed by atoms with E-state index in [1.54, 1.807) is 38.2 Å². The van der Waals surface area contributed by atoms with Crippen molar-refractivity contribution in [1.29, 1.82) is 0 Å². The first kappa shape index (κ1) is 21.4. The Bertz CT molecular complexity index is 1160. The zero-order valence-corrected chi connectivity index (χ0v) is 18.5. The van der Waals surface area contributed by atoms with Gasteiger partial charge in [0.1, 0.15) is 10.1 Å². The number of H-pyrrole nitrogens is 1. The van der Waals surface area contributed by atoms with E-state index in [2.05, 4.69) is 37.5 Å². The Morgan fingerprint density at radius 1 is 1.31 bits per heavy atom. The van der Waals surface area contributed by atoms with Gasteiger partial charge in [0.2, 0.25) is 10.0 Å². The Morgan fingerprint density at radius 3 is 2.66 bits per heavy atom. The molecule has 0 fully saturated rings. The van der Waals surface area contributed by atoms with Crippen molar-refractivity contribution in [3.63, 3.8) is 0 Å². The molecule has 0 bridgehead atoms. The Labute approximate surface area is 178 Å². The second-order valence-electron chi connectivity index (χ2n) is 7.20. The summed E-state index contributed by atoms with van der Waals surface area (Å²) in [6, 6.07) is 8.15. The number of nitrogens with one attached hydrogen (secondary N) is 1. The topological polar surface area (TPSA) is 96.0 Å². The number of Topliss-reactive ketones (excluding diaryl/α,β-unsaturated/α-hetero) is 1. The molecule has 0 radical (unpaired) electrons. The number of rotatable bonds is 8. The van der Waals surface area contributed by atoms with Crippen LogP contribution in [-0.4, -0.2) is 46.5 Å². The molecule has 0 atom stereocenters. The average Bonchev–Trinajstić information content (AvgIpc) is 3.10. The van der Waals surface area contributed by atoms with Crippen molar-refractivity contribution in [2.24, 2.45) is 5.41 Å². The smallest absolute Gasteiger partial charge is 0.243 e. The fourth-order valence-corrected chi connectivity index (χ4v) is 4.93. The molecule has 0 saturated heterocycles. The summed E-state index contributed by atoms with van der Waals surface area (Å²) >= 11 is 3.27. The summed E-state index contributed by atoms with van der Waals surface area (Å²) in [6.45, 7) is 7.18. The molecule has 152 valence electrons. The van der Waals surface area contributed by atoms with E-state index in [1.807, 2.05) is 0 Å². The Hall–Kier alpha value is -2.36. The molecular weight excluding hydrogens is 456 g/mol. The van der Waals surface area contributed by atoms with Crippen LogP contribution in [0.2, 0.25) is 0 Å². The molecule has 0 aliphatic carbocycles. The van der Waals surface area contributed by atoms with E-state index in [0.29, 0.717) is 21.3 Å². The monoisotopic (exact) mass is 476 g/mol. The second-order valence-corrected chi connectivity index (χ2v) is 9.95. The van der Waals surface area contributed by atoms with E-state index in [9.17, 15) is 13.2 Å². The lowest BCUT2D eigenvalue weighted by Gasteiger charge is -2.30. The number of ketones is 1. The molecule has 0 amide bonds. The molecule has 3 rings (SSSR count). The maximum Gasteiger partial charge on any atom is 0.243 e. The van der Waals surface area contributed by atoms with Gasteiger partial charge in [0.25, 0.3) is 0 Å². The number of halogens is 1. The Balaban J connectivity index is 1.95. The van der Waals surface area contributed by atoms with Crippen LogP contribution in [0.4, 0.5) is 0 Å². The molecule has 0 aliphatic heterocycles. The van der Waals surface area contributed by atoms with Crippen LogP contribution in [-0.2, 0) is 10.0 Å². The quantitative estimate of drug-likeness (QED) is 0.393. The van der Waals surface area contributed by atoms with Crippen LogP contribution in [0.25, 0.3) is 11.2 Å². The number of fused-ring (bicyclic) bond motifs is 1. The van der Waals surface area contributed by atoms with Gasteiger partial charge in [-0.1, -0.05) is 38.1 Å². The third kappa shape index (κ3) is 4.31. The molecule has 2 aromatic heterocycles. The molecule has 3 aromatic rings. The largest absolute Gasteiger partial charge is 0.344 e. The van der Waals surface area contributed by atoms with Gasteiger partial charge < -0.3 is 4.98 Å². The molecule has 9 heteroatoms. The van der Waals surface area contributed by atoms with Crippen molar-refractivity contribution < 1.29 is 13.2 Å². The predicted octanol–water partition coefficient (Wildman–Crippen LogP) is 3.81. The highest BCUT2D eigenvalue weighted by Gasteiger charge is 2.36. The number of carbonyl (C=O) groups is 1. The number of benzene rings is 1. The van der Waals surface area contributed by atoms with Crippen molar-refractivity contribution in [3.05, 3.63) is 65.5 Å². The zero-order valence-electron chi connectivity index (χ0n) is 16.1. The van der Waals surface area contributed by atoms with Gasteiger partial charge in [-0.2, -0.15) is 4.31 Å². The molecular formula is C20H21BrN4O3S. The van der Waals surface area contributed by atoms with Gasteiger partial charge in [-0.25, -0.2) is 18.4 Å².